The van der Waals surface area contributed by atoms with Gasteiger partial charge in [0.25, 0.3) is 0 Å². The first-order chi connectivity index (χ1) is 7.63. The summed E-state index contributed by atoms with van der Waals surface area (Å²) >= 11 is 0. The second-order valence-electron chi connectivity index (χ2n) is 4.11. The summed E-state index contributed by atoms with van der Waals surface area (Å²) in [5, 5.41) is 11.8. The van der Waals surface area contributed by atoms with Crippen LogP contribution in [0.2, 0.25) is 0 Å². The molecule has 0 heterocycles. The number of aryl methyl sites for hydroxylation is 1. The number of hydrogen-bond donors (Lipinski definition) is 1. The van der Waals surface area contributed by atoms with Gasteiger partial charge < -0.3 is 9.94 Å². The summed E-state index contributed by atoms with van der Waals surface area (Å²) in [6.07, 6.45) is 1.75. The van der Waals surface area contributed by atoms with Crippen LogP contribution in [0, 0.1) is 0 Å². The van der Waals surface area contributed by atoms with Crippen molar-refractivity contribution >= 4 is 5.71 Å². The lowest BCUT2D eigenvalue weighted by molar-refractivity contribution is 0.240. The molecule has 0 aromatic heterocycles. The Labute approximate surface area is 96.7 Å². The third-order valence-electron chi connectivity index (χ3n) is 2.26. The first-order valence-electron chi connectivity index (χ1n) is 5.55. The molecule has 0 aliphatic rings. The molecule has 0 aliphatic carbocycles. The van der Waals surface area contributed by atoms with Crippen LogP contribution in [-0.2, 0) is 6.42 Å². The fourth-order valence-corrected chi connectivity index (χ4v) is 1.44. The van der Waals surface area contributed by atoms with Crippen LogP contribution >= 0.6 is 0 Å². The highest BCUT2D eigenvalue weighted by atomic mass is 16.5. The standard InChI is InChI=1S/C13H19NO2/c1-10(2)16-13-7-5-4-6-12(13)9-8-11(3)14-15/h4-7,10,15H,8-9H2,1-3H3/b14-11+. The SMILES string of the molecule is C/C(CCc1ccccc1OC(C)C)=N\O. The molecule has 1 rings (SSSR count). The van der Waals surface area contributed by atoms with Gasteiger partial charge in [-0.1, -0.05) is 23.4 Å². The Hall–Kier alpha value is -1.51. The lowest BCUT2D eigenvalue weighted by atomic mass is 10.1. The zero-order valence-electron chi connectivity index (χ0n) is 10.1. The Morgan fingerprint density at radius 3 is 2.69 bits per heavy atom. The van der Waals surface area contributed by atoms with Crippen LogP contribution in [-0.4, -0.2) is 17.0 Å². The van der Waals surface area contributed by atoms with Gasteiger partial charge in [0.2, 0.25) is 0 Å². The van der Waals surface area contributed by atoms with Crippen LogP contribution in [0.5, 0.6) is 5.75 Å². The third kappa shape index (κ3) is 3.93. The summed E-state index contributed by atoms with van der Waals surface area (Å²) in [6.45, 7) is 5.83. The lowest BCUT2D eigenvalue weighted by Gasteiger charge is -2.13. The average molecular weight is 221 g/mol. The van der Waals surface area contributed by atoms with Gasteiger partial charge in [0.05, 0.1) is 11.8 Å². The van der Waals surface area contributed by atoms with E-state index in [1.54, 1.807) is 0 Å². The summed E-state index contributed by atoms with van der Waals surface area (Å²) in [5.41, 5.74) is 1.89. The normalized spacial score (nSPS) is 11.9. The van der Waals surface area contributed by atoms with Crippen molar-refractivity contribution in [2.75, 3.05) is 0 Å². The van der Waals surface area contributed by atoms with E-state index in [0.717, 1.165) is 29.9 Å². The van der Waals surface area contributed by atoms with Gasteiger partial charge in [0.15, 0.2) is 0 Å². The van der Waals surface area contributed by atoms with Crippen LogP contribution in [0.1, 0.15) is 32.8 Å². The molecule has 1 aromatic carbocycles. The van der Waals surface area contributed by atoms with Crippen molar-refractivity contribution in [1.82, 2.24) is 0 Å². The van der Waals surface area contributed by atoms with Gasteiger partial charge in [-0.2, -0.15) is 0 Å². The number of benzene rings is 1. The maximum Gasteiger partial charge on any atom is 0.122 e. The van der Waals surface area contributed by atoms with Crippen LogP contribution in [0.4, 0.5) is 0 Å². The molecule has 88 valence electrons. The molecule has 0 spiro atoms. The predicted molar refractivity (Wildman–Crippen MR) is 65.4 cm³/mol. The molecule has 3 nitrogen and oxygen atoms in total. The number of para-hydroxylation sites is 1. The van der Waals surface area contributed by atoms with Crippen molar-refractivity contribution in [3.05, 3.63) is 29.8 Å². The molecule has 1 N–H and O–H groups in total. The molecular formula is C13H19NO2. The number of rotatable bonds is 5. The van der Waals surface area contributed by atoms with Crippen molar-refractivity contribution in [2.45, 2.75) is 39.7 Å². The Morgan fingerprint density at radius 1 is 1.38 bits per heavy atom. The van der Waals surface area contributed by atoms with E-state index >= 15 is 0 Å². The van der Waals surface area contributed by atoms with Crippen LogP contribution in [0.15, 0.2) is 29.4 Å². The van der Waals surface area contributed by atoms with Crippen molar-refractivity contribution < 1.29 is 9.94 Å². The van der Waals surface area contributed by atoms with E-state index in [0.29, 0.717) is 0 Å². The van der Waals surface area contributed by atoms with E-state index in [2.05, 4.69) is 5.16 Å². The average Bonchev–Trinajstić information content (AvgIpc) is 2.26. The van der Waals surface area contributed by atoms with Crippen LogP contribution in [0.25, 0.3) is 0 Å². The highest BCUT2D eigenvalue weighted by Gasteiger charge is 2.05. The molecular weight excluding hydrogens is 202 g/mol. The van der Waals surface area contributed by atoms with E-state index in [4.69, 9.17) is 9.94 Å². The summed E-state index contributed by atoms with van der Waals surface area (Å²) < 4.78 is 5.71. The Morgan fingerprint density at radius 2 is 2.06 bits per heavy atom. The topological polar surface area (TPSA) is 41.8 Å². The second kappa shape index (κ2) is 6.16. The largest absolute Gasteiger partial charge is 0.491 e. The van der Waals surface area contributed by atoms with Gasteiger partial charge in [0, 0.05) is 0 Å². The summed E-state index contributed by atoms with van der Waals surface area (Å²) in [7, 11) is 0. The highest BCUT2D eigenvalue weighted by Crippen LogP contribution is 2.20. The fraction of sp³-hybridized carbons (Fsp3) is 0.462. The van der Waals surface area contributed by atoms with E-state index in [1.165, 1.54) is 0 Å². The molecule has 0 atom stereocenters. The number of ether oxygens (including phenoxy) is 1. The van der Waals surface area contributed by atoms with Gasteiger partial charge in [-0.3, -0.25) is 0 Å². The molecule has 0 saturated carbocycles. The molecule has 0 bridgehead atoms. The molecule has 0 saturated heterocycles. The molecule has 0 aliphatic heterocycles. The molecule has 0 unspecified atom stereocenters. The van der Waals surface area contributed by atoms with Gasteiger partial charge in [-0.05, 0) is 45.2 Å². The minimum Gasteiger partial charge on any atom is -0.491 e. The molecule has 1 aromatic rings. The summed E-state index contributed by atoms with van der Waals surface area (Å²) in [5.74, 6) is 0.920. The zero-order chi connectivity index (χ0) is 12.0. The summed E-state index contributed by atoms with van der Waals surface area (Å²) in [6, 6.07) is 7.98. The summed E-state index contributed by atoms with van der Waals surface area (Å²) in [4.78, 5) is 0. The predicted octanol–water partition coefficient (Wildman–Crippen LogP) is 3.26. The molecule has 0 fully saturated rings. The maximum absolute atomic E-state index is 8.58. The minimum absolute atomic E-state index is 0.175. The first kappa shape index (κ1) is 12.6. The quantitative estimate of drug-likeness (QED) is 0.471. The number of oxime groups is 1. The maximum atomic E-state index is 8.58. The smallest absolute Gasteiger partial charge is 0.122 e. The Bertz CT molecular complexity index is 359. The fourth-order valence-electron chi connectivity index (χ4n) is 1.44. The van der Waals surface area contributed by atoms with Crippen molar-refractivity contribution in [1.29, 1.82) is 0 Å². The minimum atomic E-state index is 0.175. The van der Waals surface area contributed by atoms with E-state index < -0.39 is 0 Å². The number of hydrogen-bond acceptors (Lipinski definition) is 3. The van der Waals surface area contributed by atoms with Gasteiger partial charge in [-0.15, -0.1) is 0 Å². The number of nitrogens with zero attached hydrogens (tertiary/aromatic N) is 1. The van der Waals surface area contributed by atoms with E-state index in [9.17, 15) is 0 Å². The second-order valence-corrected chi connectivity index (χ2v) is 4.11. The van der Waals surface area contributed by atoms with Crippen LogP contribution < -0.4 is 4.74 Å². The van der Waals surface area contributed by atoms with Crippen molar-refractivity contribution in [3.8, 4) is 5.75 Å². The Kier molecular flexibility index (Phi) is 4.83. The van der Waals surface area contributed by atoms with E-state index in [-0.39, 0.29) is 6.10 Å². The van der Waals surface area contributed by atoms with Gasteiger partial charge >= 0.3 is 0 Å². The van der Waals surface area contributed by atoms with Gasteiger partial charge in [0.1, 0.15) is 5.75 Å². The van der Waals surface area contributed by atoms with Gasteiger partial charge in [-0.25, -0.2) is 0 Å². The van der Waals surface area contributed by atoms with Crippen molar-refractivity contribution in [3.63, 3.8) is 0 Å². The first-order valence-corrected chi connectivity index (χ1v) is 5.55. The van der Waals surface area contributed by atoms with Crippen molar-refractivity contribution in [2.24, 2.45) is 5.16 Å². The highest BCUT2D eigenvalue weighted by molar-refractivity contribution is 5.81. The Balaban J connectivity index is 2.71. The van der Waals surface area contributed by atoms with E-state index in [1.807, 2.05) is 45.0 Å². The monoisotopic (exact) mass is 221 g/mol. The lowest BCUT2D eigenvalue weighted by Crippen LogP contribution is -2.08. The molecule has 0 radical (unpaired) electrons. The zero-order valence-corrected chi connectivity index (χ0v) is 10.1. The molecule has 3 heteroatoms. The molecule has 16 heavy (non-hydrogen) atoms. The molecule has 0 amide bonds. The van der Waals surface area contributed by atoms with Crippen LogP contribution in [0.3, 0.4) is 0 Å². The third-order valence-corrected chi connectivity index (χ3v) is 2.26.